The summed E-state index contributed by atoms with van der Waals surface area (Å²) >= 11 is 0. The first-order valence-corrected chi connectivity index (χ1v) is 5.51. The lowest BCUT2D eigenvalue weighted by Crippen LogP contribution is -2.55. The zero-order valence-corrected chi connectivity index (χ0v) is 8.96. The molecule has 1 aliphatic rings. The van der Waals surface area contributed by atoms with Crippen LogP contribution in [0.15, 0.2) is 0 Å². The van der Waals surface area contributed by atoms with Crippen LogP contribution in [-0.2, 0) is 4.79 Å². The molecule has 1 atom stereocenters. The Labute approximate surface area is 85.8 Å². The summed E-state index contributed by atoms with van der Waals surface area (Å²) in [6.07, 6.45) is 3.04. The lowest BCUT2D eigenvalue weighted by molar-refractivity contribution is -0.129. The average Bonchev–Trinajstić information content (AvgIpc) is 2.18. The van der Waals surface area contributed by atoms with Crippen molar-refractivity contribution in [2.45, 2.75) is 32.2 Å². The zero-order valence-electron chi connectivity index (χ0n) is 8.96. The first-order chi connectivity index (χ1) is 6.79. The first-order valence-electron chi connectivity index (χ1n) is 5.51. The minimum absolute atomic E-state index is 0.0847. The molecule has 0 bridgehead atoms. The van der Waals surface area contributed by atoms with Crippen molar-refractivity contribution in [1.29, 1.82) is 0 Å². The van der Waals surface area contributed by atoms with Gasteiger partial charge in [-0.1, -0.05) is 6.92 Å². The van der Waals surface area contributed by atoms with E-state index in [0.29, 0.717) is 0 Å². The number of nitrogens with two attached hydrogens (primary N) is 1. The first kappa shape index (κ1) is 11.5. The molecule has 0 aliphatic carbocycles. The molecule has 14 heavy (non-hydrogen) atoms. The van der Waals surface area contributed by atoms with Crippen molar-refractivity contribution < 1.29 is 4.79 Å². The molecule has 0 saturated carbocycles. The third-order valence-electron chi connectivity index (χ3n) is 2.73. The topological polar surface area (TPSA) is 58.4 Å². The van der Waals surface area contributed by atoms with Crippen LogP contribution in [0.3, 0.4) is 0 Å². The fourth-order valence-electron chi connectivity index (χ4n) is 1.93. The Morgan fingerprint density at radius 3 is 3.00 bits per heavy atom. The van der Waals surface area contributed by atoms with Crippen molar-refractivity contribution in [3.05, 3.63) is 0 Å². The standard InChI is InChI=1S/C10H21N3O/c1-2-9-10(14)12-6-8-13(9)7-4-3-5-11/h9H,2-8,11H2,1H3,(H,12,14). The van der Waals surface area contributed by atoms with Gasteiger partial charge in [0.1, 0.15) is 0 Å². The number of nitrogens with zero attached hydrogens (tertiary/aromatic N) is 1. The van der Waals surface area contributed by atoms with E-state index in [4.69, 9.17) is 5.73 Å². The Hall–Kier alpha value is -0.610. The van der Waals surface area contributed by atoms with Crippen molar-refractivity contribution in [3.63, 3.8) is 0 Å². The molecule has 1 heterocycles. The van der Waals surface area contributed by atoms with Gasteiger partial charge in [-0.15, -0.1) is 0 Å². The number of carbonyl (C=O) groups excluding carboxylic acids is 1. The van der Waals surface area contributed by atoms with Gasteiger partial charge in [0, 0.05) is 13.1 Å². The van der Waals surface area contributed by atoms with E-state index in [9.17, 15) is 4.79 Å². The Kier molecular flexibility index (Phi) is 4.90. The molecule has 1 aliphatic heterocycles. The van der Waals surface area contributed by atoms with Crippen molar-refractivity contribution in [3.8, 4) is 0 Å². The molecule has 1 rings (SSSR count). The van der Waals surface area contributed by atoms with Gasteiger partial charge in [-0.3, -0.25) is 9.69 Å². The highest BCUT2D eigenvalue weighted by Crippen LogP contribution is 2.09. The number of unbranched alkanes of at least 4 members (excludes halogenated alkanes) is 1. The Balaban J connectivity index is 2.36. The van der Waals surface area contributed by atoms with Gasteiger partial charge in [0.05, 0.1) is 6.04 Å². The summed E-state index contributed by atoms with van der Waals surface area (Å²) in [7, 11) is 0. The summed E-state index contributed by atoms with van der Waals surface area (Å²) in [5, 5.41) is 2.90. The Bertz CT molecular complexity index is 184. The van der Waals surface area contributed by atoms with Crippen LogP contribution in [0.1, 0.15) is 26.2 Å². The van der Waals surface area contributed by atoms with E-state index in [2.05, 4.69) is 17.1 Å². The summed E-state index contributed by atoms with van der Waals surface area (Å²) in [4.78, 5) is 13.8. The third kappa shape index (κ3) is 2.96. The zero-order chi connectivity index (χ0) is 10.4. The molecule has 1 amide bonds. The number of carbonyl (C=O) groups is 1. The van der Waals surface area contributed by atoms with Gasteiger partial charge in [0.25, 0.3) is 0 Å². The maximum atomic E-state index is 11.5. The molecule has 3 N–H and O–H groups in total. The van der Waals surface area contributed by atoms with Crippen LogP contribution >= 0.6 is 0 Å². The van der Waals surface area contributed by atoms with Gasteiger partial charge in [-0.25, -0.2) is 0 Å². The smallest absolute Gasteiger partial charge is 0.237 e. The highest BCUT2D eigenvalue weighted by atomic mass is 16.2. The second-order valence-electron chi connectivity index (χ2n) is 3.75. The van der Waals surface area contributed by atoms with E-state index in [-0.39, 0.29) is 11.9 Å². The SMILES string of the molecule is CCC1C(=O)NCCN1CCCCN. The lowest BCUT2D eigenvalue weighted by Gasteiger charge is -2.34. The van der Waals surface area contributed by atoms with E-state index >= 15 is 0 Å². The Morgan fingerprint density at radius 2 is 2.36 bits per heavy atom. The molecule has 4 nitrogen and oxygen atoms in total. The van der Waals surface area contributed by atoms with Crippen molar-refractivity contribution in [2.75, 3.05) is 26.2 Å². The van der Waals surface area contributed by atoms with Crippen LogP contribution < -0.4 is 11.1 Å². The molecule has 1 unspecified atom stereocenters. The van der Waals surface area contributed by atoms with Crippen LogP contribution in [0.25, 0.3) is 0 Å². The quantitative estimate of drug-likeness (QED) is 0.610. The van der Waals surface area contributed by atoms with Crippen molar-refractivity contribution in [2.24, 2.45) is 5.73 Å². The van der Waals surface area contributed by atoms with Crippen molar-refractivity contribution in [1.82, 2.24) is 10.2 Å². The van der Waals surface area contributed by atoms with Gasteiger partial charge in [0.2, 0.25) is 5.91 Å². The number of nitrogens with one attached hydrogen (secondary N) is 1. The van der Waals surface area contributed by atoms with Crippen LogP contribution in [0.2, 0.25) is 0 Å². The van der Waals surface area contributed by atoms with Crippen LogP contribution in [0, 0.1) is 0 Å². The molecule has 0 aromatic heterocycles. The number of amides is 1. The second kappa shape index (κ2) is 5.98. The second-order valence-corrected chi connectivity index (χ2v) is 3.75. The lowest BCUT2D eigenvalue weighted by atomic mass is 10.1. The summed E-state index contributed by atoms with van der Waals surface area (Å²) < 4.78 is 0. The molecule has 1 fully saturated rings. The van der Waals surface area contributed by atoms with Gasteiger partial charge >= 0.3 is 0 Å². The number of hydrogen-bond donors (Lipinski definition) is 2. The fourth-order valence-corrected chi connectivity index (χ4v) is 1.93. The summed E-state index contributed by atoms with van der Waals surface area (Å²) in [6, 6.07) is 0.0847. The number of rotatable bonds is 5. The maximum Gasteiger partial charge on any atom is 0.237 e. The molecule has 1 saturated heterocycles. The molecule has 0 aromatic carbocycles. The molecule has 0 aromatic rings. The van der Waals surface area contributed by atoms with Gasteiger partial charge in [0.15, 0.2) is 0 Å². The minimum atomic E-state index is 0.0847. The largest absolute Gasteiger partial charge is 0.353 e. The predicted molar refractivity (Wildman–Crippen MR) is 57.0 cm³/mol. The van der Waals surface area contributed by atoms with E-state index in [1.54, 1.807) is 0 Å². The molecule has 0 spiro atoms. The molecule has 0 radical (unpaired) electrons. The van der Waals surface area contributed by atoms with E-state index in [1.165, 1.54) is 0 Å². The summed E-state index contributed by atoms with van der Waals surface area (Å²) in [6.45, 7) is 5.58. The minimum Gasteiger partial charge on any atom is -0.353 e. The predicted octanol–water partition coefficient (Wildman–Crippen LogP) is -0.0643. The highest BCUT2D eigenvalue weighted by Gasteiger charge is 2.26. The van der Waals surface area contributed by atoms with Gasteiger partial charge in [-0.05, 0) is 32.4 Å². The monoisotopic (exact) mass is 199 g/mol. The molecule has 82 valence electrons. The molecular formula is C10H21N3O. The van der Waals surface area contributed by atoms with Crippen LogP contribution in [0.4, 0.5) is 0 Å². The highest BCUT2D eigenvalue weighted by molar-refractivity contribution is 5.82. The molecule has 4 heteroatoms. The third-order valence-corrected chi connectivity index (χ3v) is 2.73. The van der Waals surface area contributed by atoms with Gasteiger partial charge < -0.3 is 11.1 Å². The number of hydrogen-bond acceptors (Lipinski definition) is 3. The average molecular weight is 199 g/mol. The maximum absolute atomic E-state index is 11.5. The fraction of sp³-hybridized carbons (Fsp3) is 0.900. The summed E-state index contributed by atoms with van der Waals surface area (Å²) in [5.41, 5.74) is 5.44. The Morgan fingerprint density at radius 1 is 1.57 bits per heavy atom. The molecular weight excluding hydrogens is 178 g/mol. The summed E-state index contributed by atoms with van der Waals surface area (Å²) in [5.74, 6) is 0.187. The normalized spacial score (nSPS) is 23.6. The van der Waals surface area contributed by atoms with E-state index < -0.39 is 0 Å². The van der Waals surface area contributed by atoms with E-state index in [1.807, 2.05) is 0 Å². The van der Waals surface area contributed by atoms with Crippen LogP contribution in [0.5, 0.6) is 0 Å². The number of piperazine rings is 1. The van der Waals surface area contributed by atoms with Gasteiger partial charge in [-0.2, -0.15) is 0 Å². The van der Waals surface area contributed by atoms with Crippen molar-refractivity contribution >= 4 is 5.91 Å². The van der Waals surface area contributed by atoms with Crippen LogP contribution in [-0.4, -0.2) is 43.0 Å². The van der Waals surface area contributed by atoms with E-state index in [0.717, 1.165) is 45.4 Å².